The number of nitrogens with zero attached hydrogens (tertiary/aromatic N) is 1. The highest BCUT2D eigenvalue weighted by molar-refractivity contribution is 5.98. The third-order valence-corrected chi connectivity index (χ3v) is 5.03. The molecule has 28 heavy (non-hydrogen) atoms. The van der Waals surface area contributed by atoms with E-state index in [1.807, 2.05) is 44.2 Å². The fourth-order valence-corrected chi connectivity index (χ4v) is 3.30. The van der Waals surface area contributed by atoms with Gasteiger partial charge in [0, 0.05) is 11.7 Å². The van der Waals surface area contributed by atoms with Gasteiger partial charge in [0.2, 0.25) is 5.91 Å². The van der Waals surface area contributed by atoms with Crippen LogP contribution in [0, 0.1) is 0 Å². The van der Waals surface area contributed by atoms with Gasteiger partial charge in [0.1, 0.15) is 5.75 Å². The number of benzene rings is 2. The van der Waals surface area contributed by atoms with E-state index in [1.165, 1.54) is 0 Å². The van der Waals surface area contributed by atoms with Crippen molar-refractivity contribution in [2.75, 3.05) is 17.2 Å². The Morgan fingerprint density at radius 2 is 1.82 bits per heavy atom. The molecule has 2 aromatic rings. The van der Waals surface area contributed by atoms with Crippen LogP contribution in [0.1, 0.15) is 32.3 Å². The lowest BCUT2D eigenvalue weighted by Gasteiger charge is -2.34. The number of amides is 2. The molecule has 1 aliphatic heterocycles. The molecule has 0 fully saturated rings. The molecule has 3 N–H and O–H groups in total. The maximum Gasteiger partial charge on any atom is 0.263 e. The molecule has 0 saturated heterocycles. The molecular weight excluding hydrogens is 354 g/mol. The highest BCUT2D eigenvalue weighted by Gasteiger charge is 2.34. The number of carbonyl (C=O) groups excluding carboxylic acids is 2. The summed E-state index contributed by atoms with van der Waals surface area (Å²) in [6, 6.07) is 14.7. The summed E-state index contributed by atoms with van der Waals surface area (Å²) in [5.41, 5.74) is 7.95. The van der Waals surface area contributed by atoms with Crippen molar-refractivity contribution in [3.63, 3.8) is 0 Å². The molecular formula is C22H27N3O3. The van der Waals surface area contributed by atoms with Gasteiger partial charge in [-0.3, -0.25) is 9.59 Å². The number of nitrogen functional groups attached to an aromatic ring is 1. The van der Waals surface area contributed by atoms with Crippen LogP contribution in [-0.2, 0) is 16.0 Å². The van der Waals surface area contributed by atoms with Gasteiger partial charge in [-0.05, 0) is 42.7 Å². The number of fused-ring (bicyclic) bond motifs is 1. The van der Waals surface area contributed by atoms with Crippen molar-refractivity contribution in [1.82, 2.24) is 5.32 Å². The largest absolute Gasteiger partial charge is 0.477 e. The first-order valence-electron chi connectivity index (χ1n) is 9.72. The van der Waals surface area contributed by atoms with E-state index in [0.717, 1.165) is 18.4 Å². The molecule has 2 amide bonds. The number of para-hydroxylation sites is 2. The minimum Gasteiger partial charge on any atom is -0.477 e. The van der Waals surface area contributed by atoms with Gasteiger partial charge in [0.25, 0.3) is 5.91 Å². The maximum absolute atomic E-state index is 13.0. The third-order valence-electron chi connectivity index (χ3n) is 5.03. The van der Waals surface area contributed by atoms with Crippen molar-refractivity contribution >= 4 is 23.2 Å². The van der Waals surface area contributed by atoms with E-state index < -0.39 is 6.10 Å². The van der Waals surface area contributed by atoms with Crippen LogP contribution in [0.3, 0.4) is 0 Å². The Bertz CT molecular complexity index is 831. The van der Waals surface area contributed by atoms with Crippen LogP contribution in [0.15, 0.2) is 48.5 Å². The number of nitrogens with one attached hydrogen (secondary N) is 1. The van der Waals surface area contributed by atoms with E-state index in [2.05, 4.69) is 5.32 Å². The summed E-state index contributed by atoms with van der Waals surface area (Å²) in [6.45, 7) is 4.26. The van der Waals surface area contributed by atoms with Crippen molar-refractivity contribution in [3.05, 3.63) is 54.1 Å². The van der Waals surface area contributed by atoms with E-state index in [1.54, 1.807) is 23.1 Å². The normalized spacial score (nSPS) is 15.7. The molecule has 0 spiro atoms. The quantitative estimate of drug-likeness (QED) is 0.754. The SMILES string of the molecule is CCC(CC)NC(=O)C1CN(C(=O)Cc2ccc(N)cc2)c2ccccc2O1. The molecule has 6 heteroatoms. The molecule has 6 nitrogen and oxygen atoms in total. The summed E-state index contributed by atoms with van der Waals surface area (Å²) < 4.78 is 5.91. The van der Waals surface area contributed by atoms with Gasteiger partial charge in [0.15, 0.2) is 6.10 Å². The van der Waals surface area contributed by atoms with E-state index in [0.29, 0.717) is 17.1 Å². The van der Waals surface area contributed by atoms with Gasteiger partial charge in [-0.15, -0.1) is 0 Å². The Morgan fingerprint density at radius 3 is 2.50 bits per heavy atom. The smallest absolute Gasteiger partial charge is 0.263 e. The Labute approximate surface area is 165 Å². The van der Waals surface area contributed by atoms with Crippen LogP contribution in [0.25, 0.3) is 0 Å². The summed E-state index contributed by atoms with van der Waals surface area (Å²) >= 11 is 0. The van der Waals surface area contributed by atoms with Gasteiger partial charge in [-0.25, -0.2) is 0 Å². The lowest BCUT2D eigenvalue weighted by molar-refractivity contribution is -0.129. The van der Waals surface area contributed by atoms with Crippen LogP contribution >= 0.6 is 0 Å². The average molecular weight is 381 g/mol. The molecule has 0 aromatic heterocycles. The van der Waals surface area contributed by atoms with Crippen LogP contribution in [0.4, 0.5) is 11.4 Å². The zero-order valence-electron chi connectivity index (χ0n) is 16.4. The number of anilines is 2. The minimum atomic E-state index is -0.731. The second-order valence-corrected chi connectivity index (χ2v) is 7.02. The Hall–Kier alpha value is -3.02. The zero-order valence-corrected chi connectivity index (χ0v) is 16.4. The number of rotatable bonds is 6. The van der Waals surface area contributed by atoms with Crippen molar-refractivity contribution in [2.24, 2.45) is 0 Å². The lowest BCUT2D eigenvalue weighted by atomic mass is 10.1. The minimum absolute atomic E-state index is 0.0825. The van der Waals surface area contributed by atoms with Gasteiger partial charge in [-0.2, -0.15) is 0 Å². The van der Waals surface area contributed by atoms with E-state index in [-0.39, 0.29) is 30.8 Å². The molecule has 0 radical (unpaired) electrons. The number of ether oxygens (including phenoxy) is 1. The van der Waals surface area contributed by atoms with E-state index in [9.17, 15) is 9.59 Å². The predicted octanol–water partition coefficient (Wildman–Crippen LogP) is 2.91. The first-order chi connectivity index (χ1) is 13.5. The summed E-state index contributed by atoms with van der Waals surface area (Å²) in [5.74, 6) is 0.276. The third kappa shape index (κ3) is 4.44. The van der Waals surface area contributed by atoms with Gasteiger partial charge >= 0.3 is 0 Å². The summed E-state index contributed by atoms with van der Waals surface area (Å²) in [7, 11) is 0. The molecule has 1 atom stereocenters. The number of hydrogen-bond acceptors (Lipinski definition) is 4. The van der Waals surface area contributed by atoms with Gasteiger partial charge in [-0.1, -0.05) is 38.1 Å². The lowest BCUT2D eigenvalue weighted by Crippen LogP contribution is -2.52. The van der Waals surface area contributed by atoms with Crippen LogP contribution in [-0.4, -0.2) is 30.5 Å². The molecule has 3 rings (SSSR count). The van der Waals surface area contributed by atoms with E-state index in [4.69, 9.17) is 10.5 Å². The first kappa shape index (κ1) is 19.7. The van der Waals surface area contributed by atoms with Crippen molar-refractivity contribution in [3.8, 4) is 5.75 Å². The highest BCUT2D eigenvalue weighted by atomic mass is 16.5. The monoisotopic (exact) mass is 381 g/mol. The number of carbonyl (C=O) groups is 2. The standard InChI is InChI=1S/C22H27N3O3/c1-3-17(4-2)24-22(27)20-14-25(18-7-5-6-8-19(18)28-20)21(26)13-15-9-11-16(23)12-10-15/h5-12,17,20H,3-4,13-14,23H2,1-2H3,(H,24,27). The van der Waals surface area contributed by atoms with Crippen molar-refractivity contribution < 1.29 is 14.3 Å². The second-order valence-electron chi connectivity index (χ2n) is 7.02. The second kappa shape index (κ2) is 8.78. The molecule has 0 bridgehead atoms. The molecule has 1 unspecified atom stereocenters. The number of hydrogen-bond donors (Lipinski definition) is 2. The summed E-state index contributed by atoms with van der Waals surface area (Å²) in [5, 5.41) is 3.02. The fraction of sp³-hybridized carbons (Fsp3) is 0.364. The Balaban J connectivity index is 1.79. The molecule has 0 aliphatic carbocycles. The molecule has 1 heterocycles. The van der Waals surface area contributed by atoms with Crippen molar-refractivity contribution in [1.29, 1.82) is 0 Å². The van der Waals surface area contributed by atoms with Gasteiger partial charge < -0.3 is 20.7 Å². The Morgan fingerprint density at radius 1 is 1.14 bits per heavy atom. The fourth-order valence-electron chi connectivity index (χ4n) is 3.30. The van der Waals surface area contributed by atoms with Gasteiger partial charge in [0.05, 0.1) is 18.7 Å². The van der Waals surface area contributed by atoms with Crippen LogP contribution < -0.4 is 20.7 Å². The molecule has 0 saturated carbocycles. The zero-order chi connectivity index (χ0) is 20.1. The summed E-state index contributed by atoms with van der Waals surface area (Å²) in [6.07, 6.45) is 1.21. The van der Waals surface area contributed by atoms with Crippen LogP contribution in [0.5, 0.6) is 5.75 Å². The molecule has 1 aliphatic rings. The maximum atomic E-state index is 13.0. The Kier molecular flexibility index (Phi) is 6.19. The average Bonchev–Trinajstić information content (AvgIpc) is 2.72. The first-order valence-corrected chi connectivity index (χ1v) is 9.72. The molecule has 148 valence electrons. The number of nitrogens with two attached hydrogens (primary N) is 1. The molecule has 2 aromatic carbocycles. The van der Waals surface area contributed by atoms with Crippen molar-refractivity contribution in [2.45, 2.75) is 45.3 Å². The van der Waals surface area contributed by atoms with E-state index >= 15 is 0 Å². The highest BCUT2D eigenvalue weighted by Crippen LogP contribution is 2.33. The van der Waals surface area contributed by atoms with Crippen LogP contribution in [0.2, 0.25) is 0 Å². The predicted molar refractivity (Wildman–Crippen MR) is 110 cm³/mol. The summed E-state index contributed by atoms with van der Waals surface area (Å²) in [4.78, 5) is 27.4. The topological polar surface area (TPSA) is 84.7 Å².